The quantitative estimate of drug-likeness (QED) is 0.507. The third-order valence-corrected chi connectivity index (χ3v) is 5.48. The van der Waals surface area contributed by atoms with Gasteiger partial charge in [0.2, 0.25) is 5.76 Å². The molecule has 1 amide bonds. The van der Waals surface area contributed by atoms with Crippen LogP contribution in [0.1, 0.15) is 33.3 Å². The van der Waals surface area contributed by atoms with Crippen molar-refractivity contribution in [3.05, 3.63) is 112 Å². The maximum absolute atomic E-state index is 13.4. The second-order valence-electron chi connectivity index (χ2n) is 7.27. The number of methoxy groups -OCH3 is 1. The maximum Gasteiger partial charge on any atom is 0.291 e. The Morgan fingerprint density at radius 2 is 1.70 bits per heavy atom. The molecule has 0 aliphatic carbocycles. The zero-order valence-corrected chi connectivity index (χ0v) is 16.4. The molecule has 5 heteroatoms. The zero-order chi connectivity index (χ0) is 20.7. The molecule has 0 spiro atoms. The molecule has 1 aromatic heterocycles. The highest BCUT2D eigenvalue weighted by Crippen LogP contribution is 2.39. The Morgan fingerprint density at radius 3 is 2.50 bits per heavy atom. The van der Waals surface area contributed by atoms with Crippen LogP contribution in [0.4, 0.5) is 0 Å². The van der Waals surface area contributed by atoms with Crippen LogP contribution in [-0.2, 0) is 6.54 Å². The highest BCUT2D eigenvalue weighted by atomic mass is 16.5. The van der Waals surface area contributed by atoms with Crippen LogP contribution in [0, 0.1) is 0 Å². The van der Waals surface area contributed by atoms with E-state index in [4.69, 9.17) is 9.15 Å². The largest absolute Gasteiger partial charge is 0.497 e. The Bertz CT molecular complexity index is 1310. The standard InChI is InChI=1S/C25H19NO4/c1-29-18-11-7-10-17(14-18)22-21-23(27)19-12-5-6-13-20(19)30-24(21)25(28)26(22)15-16-8-3-2-4-9-16/h2-14,22H,15H2,1H3/t22-/m0/s1. The summed E-state index contributed by atoms with van der Waals surface area (Å²) in [6, 6.07) is 23.7. The number of hydrogen-bond donors (Lipinski definition) is 0. The van der Waals surface area contributed by atoms with E-state index < -0.39 is 6.04 Å². The highest BCUT2D eigenvalue weighted by Gasteiger charge is 2.42. The van der Waals surface area contributed by atoms with Gasteiger partial charge in [-0.3, -0.25) is 9.59 Å². The van der Waals surface area contributed by atoms with Crippen molar-refractivity contribution in [3.63, 3.8) is 0 Å². The molecule has 1 aliphatic heterocycles. The molecule has 30 heavy (non-hydrogen) atoms. The number of carbonyl (C=O) groups excluding carboxylic acids is 1. The number of benzene rings is 3. The lowest BCUT2D eigenvalue weighted by Crippen LogP contribution is -2.29. The predicted octanol–water partition coefficient (Wildman–Crippen LogP) is 4.55. The molecule has 3 aromatic carbocycles. The van der Waals surface area contributed by atoms with Crippen molar-refractivity contribution in [1.82, 2.24) is 4.90 Å². The molecule has 148 valence electrons. The summed E-state index contributed by atoms with van der Waals surface area (Å²) in [5.74, 6) is 0.491. The molecule has 0 fully saturated rings. The smallest absolute Gasteiger partial charge is 0.291 e. The maximum atomic E-state index is 13.4. The highest BCUT2D eigenvalue weighted by molar-refractivity contribution is 5.99. The molecule has 0 radical (unpaired) electrons. The third-order valence-electron chi connectivity index (χ3n) is 5.48. The van der Waals surface area contributed by atoms with Crippen molar-refractivity contribution >= 4 is 16.9 Å². The molecule has 0 N–H and O–H groups in total. The fraction of sp³-hybridized carbons (Fsp3) is 0.120. The molecular weight excluding hydrogens is 378 g/mol. The van der Waals surface area contributed by atoms with Gasteiger partial charge >= 0.3 is 0 Å². The number of carbonyl (C=O) groups is 1. The minimum absolute atomic E-state index is 0.113. The summed E-state index contributed by atoms with van der Waals surface area (Å²) >= 11 is 0. The lowest BCUT2D eigenvalue weighted by Gasteiger charge is -2.25. The molecule has 1 atom stereocenters. The first-order valence-electron chi connectivity index (χ1n) is 9.72. The van der Waals surface area contributed by atoms with E-state index in [9.17, 15) is 9.59 Å². The van der Waals surface area contributed by atoms with Gasteiger partial charge in [-0.1, -0.05) is 54.6 Å². The number of rotatable bonds is 4. The Labute approximate surface area is 173 Å². The first-order chi connectivity index (χ1) is 14.7. The van der Waals surface area contributed by atoms with E-state index in [1.807, 2.05) is 54.6 Å². The van der Waals surface area contributed by atoms with Gasteiger partial charge in [0.05, 0.1) is 24.1 Å². The number of fused-ring (bicyclic) bond motifs is 2. The van der Waals surface area contributed by atoms with Crippen LogP contribution < -0.4 is 10.2 Å². The van der Waals surface area contributed by atoms with Gasteiger partial charge in [-0.25, -0.2) is 0 Å². The van der Waals surface area contributed by atoms with Gasteiger partial charge in [0.15, 0.2) is 5.43 Å². The summed E-state index contributed by atoms with van der Waals surface area (Å²) < 4.78 is 11.3. The van der Waals surface area contributed by atoms with Crippen LogP contribution in [0.25, 0.3) is 11.0 Å². The average Bonchev–Trinajstić information content (AvgIpc) is 3.06. The predicted molar refractivity (Wildman–Crippen MR) is 114 cm³/mol. The van der Waals surface area contributed by atoms with Gasteiger partial charge in [-0.05, 0) is 35.4 Å². The van der Waals surface area contributed by atoms with Crippen molar-refractivity contribution in [2.45, 2.75) is 12.6 Å². The van der Waals surface area contributed by atoms with Crippen molar-refractivity contribution in [3.8, 4) is 5.75 Å². The molecule has 2 heterocycles. The lowest BCUT2D eigenvalue weighted by molar-refractivity contribution is 0.0714. The Balaban J connectivity index is 1.74. The van der Waals surface area contributed by atoms with Crippen molar-refractivity contribution in [2.24, 2.45) is 0 Å². The molecule has 5 nitrogen and oxygen atoms in total. The van der Waals surface area contributed by atoms with Crippen molar-refractivity contribution < 1.29 is 13.9 Å². The number of para-hydroxylation sites is 1. The van der Waals surface area contributed by atoms with E-state index >= 15 is 0 Å². The lowest BCUT2D eigenvalue weighted by atomic mass is 9.98. The van der Waals surface area contributed by atoms with Crippen LogP contribution in [0.3, 0.4) is 0 Å². The van der Waals surface area contributed by atoms with Gasteiger partial charge in [0, 0.05) is 6.54 Å². The van der Waals surface area contributed by atoms with Crippen LogP contribution in [0.2, 0.25) is 0 Å². The second-order valence-corrected chi connectivity index (χ2v) is 7.27. The summed E-state index contributed by atoms with van der Waals surface area (Å²) in [6.45, 7) is 0.363. The average molecular weight is 397 g/mol. The summed E-state index contributed by atoms with van der Waals surface area (Å²) in [5, 5.41) is 0.471. The van der Waals surface area contributed by atoms with E-state index in [1.165, 1.54) is 0 Å². The van der Waals surface area contributed by atoms with Crippen LogP contribution >= 0.6 is 0 Å². The van der Waals surface area contributed by atoms with Gasteiger partial charge < -0.3 is 14.1 Å². The number of ether oxygens (including phenoxy) is 1. The number of nitrogens with zero attached hydrogens (tertiary/aromatic N) is 1. The minimum atomic E-state index is -0.552. The third kappa shape index (κ3) is 2.87. The number of amides is 1. The zero-order valence-electron chi connectivity index (χ0n) is 16.4. The van der Waals surface area contributed by atoms with Crippen molar-refractivity contribution in [1.29, 1.82) is 0 Å². The van der Waals surface area contributed by atoms with Crippen LogP contribution in [0.5, 0.6) is 5.75 Å². The van der Waals surface area contributed by atoms with Gasteiger partial charge in [-0.15, -0.1) is 0 Å². The topological polar surface area (TPSA) is 59.8 Å². The second kappa shape index (κ2) is 7.19. The fourth-order valence-corrected chi connectivity index (χ4v) is 4.07. The van der Waals surface area contributed by atoms with Gasteiger partial charge in [-0.2, -0.15) is 0 Å². The van der Waals surface area contributed by atoms with E-state index in [0.29, 0.717) is 28.8 Å². The van der Waals surface area contributed by atoms with Gasteiger partial charge in [0.25, 0.3) is 5.91 Å². The van der Waals surface area contributed by atoms with Crippen LogP contribution in [0.15, 0.2) is 88.1 Å². The summed E-state index contributed by atoms with van der Waals surface area (Å²) in [4.78, 5) is 28.5. The Kier molecular flexibility index (Phi) is 4.36. The fourth-order valence-electron chi connectivity index (χ4n) is 4.07. The molecule has 1 aliphatic rings. The molecular formula is C25H19NO4. The first kappa shape index (κ1) is 18.2. The number of hydrogen-bond acceptors (Lipinski definition) is 4. The molecule has 0 saturated heterocycles. The molecule has 4 aromatic rings. The van der Waals surface area contributed by atoms with Gasteiger partial charge in [0.1, 0.15) is 11.3 Å². The van der Waals surface area contributed by atoms with E-state index in [2.05, 4.69) is 0 Å². The van der Waals surface area contributed by atoms with Crippen molar-refractivity contribution in [2.75, 3.05) is 7.11 Å². The molecule has 0 bridgehead atoms. The van der Waals surface area contributed by atoms with E-state index in [-0.39, 0.29) is 17.1 Å². The Morgan fingerprint density at radius 1 is 0.933 bits per heavy atom. The molecule has 0 unspecified atom stereocenters. The Hall–Kier alpha value is -3.86. The first-order valence-corrected chi connectivity index (χ1v) is 9.72. The summed E-state index contributed by atoms with van der Waals surface area (Å²) in [5.41, 5.74) is 2.40. The normalized spacial score (nSPS) is 15.4. The molecule has 5 rings (SSSR count). The van der Waals surface area contributed by atoms with Crippen LogP contribution in [-0.4, -0.2) is 17.9 Å². The SMILES string of the molecule is COc1cccc([C@H]2c3c(oc4ccccc4c3=O)C(=O)N2Cc2ccccc2)c1. The molecule has 0 saturated carbocycles. The van der Waals surface area contributed by atoms with E-state index in [0.717, 1.165) is 11.1 Å². The summed E-state index contributed by atoms with van der Waals surface area (Å²) in [7, 11) is 1.59. The monoisotopic (exact) mass is 397 g/mol. The minimum Gasteiger partial charge on any atom is -0.497 e. The van der Waals surface area contributed by atoms with E-state index in [1.54, 1.807) is 36.3 Å². The summed E-state index contributed by atoms with van der Waals surface area (Å²) in [6.07, 6.45) is 0.